The monoisotopic (exact) mass is 572 g/mol. The second kappa shape index (κ2) is 12.0. The summed E-state index contributed by atoms with van der Waals surface area (Å²) in [6.45, 7) is 1.72. The summed E-state index contributed by atoms with van der Waals surface area (Å²) in [7, 11) is -5.04. The number of carbonyl (C=O) groups is 1. The van der Waals surface area contributed by atoms with E-state index in [1.807, 2.05) is 6.07 Å². The van der Waals surface area contributed by atoms with E-state index in [4.69, 9.17) is 4.78 Å². The van der Waals surface area contributed by atoms with E-state index in [1.54, 1.807) is 36.4 Å². The molecule has 2 radical (unpaired) electrons. The van der Waals surface area contributed by atoms with Crippen LogP contribution in [0.5, 0.6) is 0 Å². The Hall–Kier alpha value is -2.06. The molecule has 1 aliphatic carbocycles. The molecule has 2 aromatic rings. The molecule has 1 unspecified atom stereocenters. The van der Waals surface area contributed by atoms with Gasteiger partial charge < -0.3 is 10.2 Å². The molecule has 4 rings (SSSR count). The summed E-state index contributed by atoms with van der Waals surface area (Å²) in [5.74, 6) is 0.792. The smallest absolute Gasteiger partial charge is 0.257 e. The number of sulfonamides is 1. The lowest BCUT2D eigenvalue weighted by molar-refractivity contribution is 0.102. The van der Waals surface area contributed by atoms with Crippen LogP contribution >= 0.6 is 0 Å². The quantitative estimate of drug-likeness (QED) is 0.278. The maximum Gasteiger partial charge on any atom is 0.257 e. The SMILES string of the molecule is CN(c1cc(N2CC[C@@H]([Al])C2)ccc1C(=O)Nc1ccc(S(=N)(=O)CCCCCC2CC2)cc1)S(C)(=O)=O. The molecule has 2 aromatic carbocycles. The summed E-state index contributed by atoms with van der Waals surface area (Å²) in [5, 5.41) is 2.82. The topological polar surface area (TPSA) is 111 Å². The lowest BCUT2D eigenvalue weighted by Gasteiger charge is -2.24. The molecule has 204 valence electrons. The van der Waals surface area contributed by atoms with E-state index < -0.39 is 25.7 Å². The van der Waals surface area contributed by atoms with Crippen LogP contribution in [-0.4, -0.2) is 67.0 Å². The molecule has 1 amide bonds. The molecule has 2 atom stereocenters. The van der Waals surface area contributed by atoms with E-state index in [0.717, 1.165) is 60.9 Å². The number of anilines is 3. The summed E-state index contributed by atoms with van der Waals surface area (Å²) >= 11 is 2.83. The lowest BCUT2D eigenvalue weighted by Crippen LogP contribution is -2.28. The van der Waals surface area contributed by atoms with Crippen molar-refractivity contribution < 1.29 is 17.4 Å². The van der Waals surface area contributed by atoms with Crippen LogP contribution in [0.2, 0.25) is 4.78 Å². The zero-order valence-electron chi connectivity index (χ0n) is 22.2. The molecule has 0 aromatic heterocycles. The third kappa shape index (κ3) is 7.53. The van der Waals surface area contributed by atoms with Gasteiger partial charge in [0.05, 0.1) is 27.2 Å². The molecule has 0 bridgehead atoms. The van der Waals surface area contributed by atoms with Gasteiger partial charge in [0.25, 0.3) is 5.91 Å². The summed E-state index contributed by atoms with van der Waals surface area (Å²) < 4.78 is 47.6. The Balaban J connectivity index is 1.45. The fourth-order valence-corrected chi connectivity index (χ4v) is 7.10. The maximum absolute atomic E-state index is 13.2. The van der Waals surface area contributed by atoms with Gasteiger partial charge in [-0.25, -0.2) is 17.4 Å². The van der Waals surface area contributed by atoms with Gasteiger partial charge in [-0.3, -0.25) is 9.10 Å². The van der Waals surface area contributed by atoms with Crippen LogP contribution in [0.1, 0.15) is 55.3 Å². The number of benzene rings is 2. The predicted octanol–water partition coefficient (Wildman–Crippen LogP) is 4.88. The molecular formula is C27H37AlN4O4S2. The van der Waals surface area contributed by atoms with E-state index in [1.165, 1.54) is 26.3 Å². The third-order valence-electron chi connectivity index (χ3n) is 7.39. The van der Waals surface area contributed by atoms with Crippen molar-refractivity contribution in [2.24, 2.45) is 5.92 Å². The first-order chi connectivity index (χ1) is 17.9. The minimum Gasteiger partial charge on any atom is -0.373 e. The number of carbonyl (C=O) groups excluding carboxylic acids is 1. The highest BCUT2D eigenvalue weighted by Crippen LogP contribution is 2.34. The molecular weight excluding hydrogens is 535 g/mol. The molecule has 2 aliphatic rings. The Morgan fingerprint density at radius 1 is 1.08 bits per heavy atom. The van der Waals surface area contributed by atoms with Gasteiger partial charge >= 0.3 is 0 Å². The van der Waals surface area contributed by atoms with Crippen molar-refractivity contribution in [2.45, 2.75) is 54.6 Å². The average Bonchev–Trinajstić information content (AvgIpc) is 3.60. The van der Waals surface area contributed by atoms with Crippen LogP contribution in [0.3, 0.4) is 0 Å². The van der Waals surface area contributed by atoms with Gasteiger partial charge in [0, 0.05) is 42.2 Å². The number of rotatable bonds is 12. The van der Waals surface area contributed by atoms with Crippen molar-refractivity contribution in [3.8, 4) is 0 Å². The Labute approximate surface area is 235 Å². The van der Waals surface area contributed by atoms with Crippen LogP contribution < -0.4 is 14.5 Å². The van der Waals surface area contributed by atoms with E-state index in [9.17, 15) is 17.4 Å². The van der Waals surface area contributed by atoms with E-state index >= 15 is 0 Å². The molecule has 1 saturated carbocycles. The first-order valence-electron chi connectivity index (χ1n) is 13.2. The van der Waals surface area contributed by atoms with Gasteiger partial charge in [-0.1, -0.05) is 36.9 Å². The zero-order chi connectivity index (χ0) is 27.5. The fraction of sp³-hybridized carbons (Fsp3) is 0.519. The summed E-state index contributed by atoms with van der Waals surface area (Å²) in [6.07, 6.45) is 8.99. The second-order valence-electron chi connectivity index (χ2n) is 10.6. The fourth-order valence-electron chi connectivity index (χ4n) is 4.77. The van der Waals surface area contributed by atoms with Crippen molar-refractivity contribution in [1.29, 1.82) is 4.78 Å². The Kier molecular flexibility index (Phi) is 9.13. The third-order valence-corrected chi connectivity index (χ3v) is 11.0. The number of unbranched alkanes of at least 4 members (excludes halogenated alkanes) is 2. The van der Waals surface area contributed by atoms with Crippen LogP contribution in [0.4, 0.5) is 17.1 Å². The number of amides is 1. The lowest BCUT2D eigenvalue weighted by atomic mass is 10.1. The van der Waals surface area contributed by atoms with Gasteiger partial charge in [-0.15, -0.1) is 0 Å². The average molecular weight is 573 g/mol. The van der Waals surface area contributed by atoms with Crippen LogP contribution in [0, 0.1) is 10.7 Å². The highest BCUT2D eigenvalue weighted by Gasteiger charge is 2.24. The number of hydrogen-bond donors (Lipinski definition) is 2. The van der Waals surface area contributed by atoms with Crippen LogP contribution in [-0.2, 0) is 19.8 Å². The molecule has 38 heavy (non-hydrogen) atoms. The molecule has 1 heterocycles. The maximum atomic E-state index is 13.2. The second-order valence-corrected chi connectivity index (χ2v) is 15.8. The zero-order valence-corrected chi connectivity index (χ0v) is 25.0. The van der Waals surface area contributed by atoms with Crippen LogP contribution in [0.25, 0.3) is 0 Å². The Bertz CT molecular complexity index is 1360. The van der Waals surface area contributed by atoms with Gasteiger partial charge in [0.15, 0.2) is 0 Å². The highest BCUT2D eigenvalue weighted by atomic mass is 32.2. The largest absolute Gasteiger partial charge is 0.373 e. The Morgan fingerprint density at radius 3 is 2.39 bits per heavy atom. The van der Waals surface area contributed by atoms with Gasteiger partial charge in [-0.05, 0) is 61.2 Å². The molecule has 8 nitrogen and oxygen atoms in total. The minimum absolute atomic E-state index is 0.239. The van der Waals surface area contributed by atoms with Crippen LogP contribution in [0.15, 0.2) is 47.4 Å². The predicted molar refractivity (Wildman–Crippen MR) is 156 cm³/mol. The van der Waals surface area contributed by atoms with E-state index in [2.05, 4.69) is 26.5 Å². The number of hydrogen-bond acceptors (Lipinski definition) is 6. The first kappa shape index (κ1) is 28.9. The van der Waals surface area contributed by atoms with Crippen molar-refractivity contribution in [2.75, 3.05) is 46.7 Å². The van der Waals surface area contributed by atoms with Gasteiger partial charge in [-0.2, -0.15) is 0 Å². The molecule has 0 spiro atoms. The van der Waals surface area contributed by atoms with Crippen molar-refractivity contribution in [3.05, 3.63) is 48.0 Å². The molecule has 11 heteroatoms. The highest BCUT2D eigenvalue weighted by molar-refractivity contribution is 7.92. The standard InChI is InChI=1S/C27H37N4O4S2.Al/c1-30(36(2,33)34)26-20-23(31-17-5-6-18-31)13-16-25(26)27(32)29-22-11-14-24(15-12-22)37(28,35)19-7-3-4-8-21-9-10-21;/h5,11-16,20-21,28H,3-4,6-10,17-19H2,1-2H3,(H,29,32);. The van der Waals surface area contributed by atoms with E-state index in [-0.39, 0.29) is 5.56 Å². The number of nitrogens with zero attached hydrogens (tertiary/aromatic N) is 2. The number of nitrogens with one attached hydrogen (secondary N) is 2. The minimum atomic E-state index is -3.59. The Morgan fingerprint density at radius 2 is 1.79 bits per heavy atom. The van der Waals surface area contributed by atoms with Crippen molar-refractivity contribution in [1.82, 2.24) is 0 Å². The first-order valence-corrected chi connectivity index (χ1v) is 17.4. The molecule has 1 aliphatic heterocycles. The normalized spacial score (nSPS) is 19.2. The summed E-state index contributed by atoms with van der Waals surface area (Å²) in [4.78, 5) is 15.9. The van der Waals surface area contributed by atoms with Gasteiger partial charge in [0.1, 0.15) is 16.3 Å². The molecule has 1 saturated heterocycles. The van der Waals surface area contributed by atoms with Gasteiger partial charge in [0.2, 0.25) is 10.0 Å². The molecule has 2 N–H and O–H groups in total. The van der Waals surface area contributed by atoms with Crippen molar-refractivity contribution >= 4 is 59.0 Å². The van der Waals surface area contributed by atoms with Crippen molar-refractivity contribution in [3.63, 3.8) is 0 Å². The summed E-state index contributed by atoms with van der Waals surface area (Å²) in [5.41, 5.74) is 1.91. The molecule has 2 fully saturated rings. The van der Waals surface area contributed by atoms with E-state index in [0.29, 0.717) is 26.8 Å². The summed E-state index contributed by atoms with van der Waals surface area (Å²) in [6, 6.07) is 11.8.